The van der Waals surface area contributed by atoms with Gasteiger partial charge >= 0.3 is 5.97 Å². The SMILES string of the molecule is CC(C)(C)C(=O)On1cnc2c(Cl)nc(Cl)nc21. The highest BCUT2D eigenvalue weighted by Gasteiger charge is 2.25. The molecule has 2 rings (SSSR count). The lowest BCUT2D eigenvalue weighted by Crippen LogP contribution is -2.31. The van der Waals surface area contributed by atoms with E-state index in [1.807, 2.05) is 0 Å². The van der Waals surface area contributed by atoms with Crippen molar-refractivity contribution in [3.8, 4) is 0 Å². The molecular weight excluding hydrogens is 279 g/mol. The number of nitrogens with zero attached hydrogens (tertiary/aromatic N) is 4. The largest absolute Gasteiger partial charge is 0.338 e. The molecule has 0 amide bonds. The van der Waals surface area contributed by atoms with Crippen LogP contribution >= 0.6 is 23.2 Å². The zero-order chi connectivity index (χ0) is 13.5. The minimum Gasteiger partial charge on any atom is -0.333 e. The molecule has 0 aliphatic carbocycles. The molecule has 0 saturated heterocycles. The molecule has 2 aromatic rings. The molecule has 8 heteroatoms. The van der Waals surface area contributed by atoms with Crippen molar-refractivity contribution in [1.82, 2.24) is 19.7 Å². The number of imidazole rings is 1. The van der Waals surface area contributed by atoms with E-state index in [0.717, 1.165) is 4.73 Å². The molecule has 96 valence electrons. The molecule has 0 unspecified atom stereocenters. The third-order valence-electron chi connectivity index (χ3n) is 2.09. The highest BCUT2D eigenvalue weighted by molar-refractivity contribution is 6.35. The topological polar surface area (TPSA) is 69.9 Å². The number of aromatic nitrogens is 4. The van der Waals surface area contributed by atoms with Gasteiger partial charge < -0.3 is 4.84 Å². The molecule has 0 atom stereocenters. The molecule has 2 heterocycles. The molecule has 18 heavy (non-hydrogen) atoms. The summed E-state index contributed by atoms with van der Waals surface area (Å²) in [5, 5.41) is 0.0663. The predicted molar refractivity (Wildman–Crippen MR) is 66.4 cm³/mol. The molecule has 0 saturated carbocycles. The van der Waals surface area contributed by atoms with E-state index < -0.39 is 11.4 Å². The number of fused-ring (bicyclic) bond motifs is 1. The van der Waals surface area contributed by atoms with Crippen molar-refractivity contribution < 1.29 is 9.63 Å². The second-order valence-electron chi connectivity index (χ2n) is 4.65. The second-order valence-corrected chi connectivity index (χ2v) is 5.35. The van der Waals surface area contributed by atoms with E-state index in [-0.39, 0.29) is 16.1 Å². The van der Waals surface area contributed by atoms with Gasteiger partial charge in [0, 0.05) is 0 Å². The van der Waals surface area contributed by atoms with Crippen LogP contribution in [0.1, 0.15) is 20.8 Å². The van der Waals surface area contributed by atoms with Crippen LogP contribution in [-0.4, -0.2) is 25.7 Å². The van der Waals surface area contributed by atoms with Crippen LogP contribution in [0.2, 0.25) is 10.4 Å². The Labute approximate surface area is 113 Å². The summed E-state index contributed by atoms with van der Waals surface area (Å²) in [5.41, 5.74) is -0.0719. The molecule has 2 aromatic heterocycles. The number of carbonyl (C=O) groups excluding carboxylic acids is 1. The molecular formula is C10H10Cl2N4O2. The number of hydrogen-bond donors (Lipinski definition) is 0. The van der Waals surface area contributed by atoms with Crippen molar-refractivity contribution in [2.24, 2.45) is 5.41 Å². The van der Waals surface area contributed by atoms with E-state index in [1.165, 1.54) is 6.33 Å². The first-order valence-corrected chi connectivity index (χ1v) is 5.83. The first-order chi connectivity index (χ1) is 8.29. The first kappa shape index (κ1) is 13.0. The molecule has 0 N–H and O–H groups in total. The van der Waals surface area contributed by atoms with Crippen molar-refractivity contribution in [1.29, 1.82) is 0 Å². The molecule has 0 radical (unpaired) electrons. The lowest BCUT2D eigenvalue weighted by Gasteiger charge is -2.15. The van der Waals surface area contributed by atoms with E-state index >= 15 is 0 Å². The molecule has 0 aliphatic heterocycles. The number of rotatable bonds is 1. The van der Waals surface area contributed by atoms with Crippen LogP contribution in [0.15, 0.2) is 6.33 Å². The fourth-order valence-electron chi connectivity index (χ4n) is 1.11. The highest BCUT2D eigenvalue weighted by atomic mass is 35.5. The van der Waals surface area contributed by atoms with Gasteiger partial charge in [0.2, 0.25) is 10.9 Å². The second kappa shape index (κ2) is 4.37. The summed E-state index contributed by atoms with van der Waals surface area (Å²) in [6, 6.07) is 0. The monoisotopic (exact) mass is 288 g/mol. The van der Waals surface area contributed by atoms with E-state index in [0.29, 0.717) is 5.52 Å². The molecule has 0 bridgehead atoms. The minimum atomic E-state index is -0.642. The summed E-state index contributed by atoms with van der Waals surface area (Å²) in [6.07, 6.45) is 1.30. The summed E-state index contributed by atoms with van der Waals surface area (Å²) in [4.78, 5) is 28.6. The Kier molecular flexibility index (Phi) is 3.16. The van der Waals surface area contributed by atoms with Gasteiger partial charge in [-0.3, -0.25) is 0 Å². The lowest BCUT2D eigenvalue weighted by atomic mass is 9.98. The quantitative estimate of drug-likeness (QED) is 0.594. The van der Waals surface area contributed by atoms with Crippen LogP contribution in [0.5, 0.6) is 0 Å². The van der Waals surface area contributed by atoms with E-state index in [2.05, 4.69) is 15.0 Å². The van der Waals surface area contributed by atoms with Crippen molar-refractivity contribution in [2.75, 3.05) is 0 Å². The maximum Gasteiger partial charge on any atom is 0.338 e. The van der Waals surface area contributed by atoms with Gasteiger partial charge in [0.1, 0.15) is 11.8 Å². The zero-order valence-electron chi connectivity index (χ0n) is 9.94. The third-order valence-corrected chi connectivity index (χ3v) is 2.52. The average molecular weight is 289 g/mol. The van der Waals surface area contributed by atoms with Crippen LogP contribution in [-0.2, 0) is 4.79 Å². The van der Waals surface area contributed by atoms with Crippen molar-refractivity contribution in [3.05, 3.63) is 16.8 Å². The Morgan fingerprint density at radius 2 is 2.00 bits per heavy atom. The fourth-order valence-corrected chi connectivity index (χ4v) is 1.54. The highest BCUT2D eigenvalue weighted by Crippen LogP contribution is 2.21. The van der Waals surface area contributed by atoms with Crippen LogP contribution < -0.4 is 4.84 Å². The Morgan fingerprint density at radius 3 is 2.61 bits per heavy atom. The summed E-state index contributed by atoms with van der Waals surface area (Å²) in [6.45, 7) is 5.22. The Hall–Kier alpha value is -1.40. The average Bonchev–Trinajstić information content (AvgIpc) is 2.60. The maximum absolute atomic E-state index is 11.8. The summed E-state index contributed by atoms with van der Waals surface area (Å²) < 4.78 is 1.13. The van der Waals surface area contributed by atoms with Crippen molar-refractivity contribution in [3.63, 3.8) is 0 Å². The van der Waals surface area contributed by atoms with Gasteiger partial charge in [0.25, 0.3) is 0 Å². The van der Waals surface area contributed by atoms with Crippen LogP contribution in [0.3, 0.4) is 0 Å². The predicted octanol–water partition coefficient (Wildman–Crippen LogP) is 2.13. The smallest absolute Gasteiger partial charge is 0.333 e. The van der Waals surface area contributed by atoms with Gasteiger partial charge in [0.15, 0.2) is 5.15 Å². The Balaban J connectivity index is 2.44. The molecule has 6 nitrogen and oxygen atoms in total. The van der Waals surface area contributed by atoms with Gasteiger partial charge in [0.05, 0.1) is 5.41 Å². The molecule has 0 spiro atoms. The minimum absolute atomic E-state index is 0.0407. The summed E-state index contributed by atoms with van der Waals surface area (Å²) in [7, 11) is 0. The third kappa shape index (κ3) is 2.39. The van der Waals surface area contributed by atoms with Crippen LogP contribution in [0.4, 0.5) is 0 Å². The lowest BCUT2D eigenvalue weighted by molar-refractivity contribution is -0.152. The number of hydrogen-bond acceptors (Lipinski definition) is 5. The fraction of sp³-hybridized carbons (Fsp3) is 0.400. The van der Waals surface area contributed by atoms with Gasteiger partial charge in [-0.2, -0.15) is 4.98 Å². The van der Waals surface area contributed by atoms with E-state index in [9.17, 15) is 4.79 Å². The van der Waals surface area contributed by atoms with Gasteiger partial charge in [-0.1, -0.05) is 11.6 Å². The first-order valence-electron chi connectivity index (χ1n) is 5.08. The normalized spacial score (nSPS) is 11.8. The van der Waals surface area contributed by atoms with E-state index in [4.69, 9.17) is 28.0 Å². The summed E-state index contributed by atoms with van der Waals surface area (Å²) in [5.74, 6) is -0.423. The van der Waals surface area contributed by atoms with Gasteiger partial charge in [-0.15, -0.1) is 4.73 Å². The number of halogens is 2. The van der Waals surface area contributed by atoms with Crippen LogP contribution in [0.25, 0.3) is 11.2 Å². The molecule has 0 aromatic carbocycles. The Bertz CT molecular complexity index is 618. The van der Waals surface area contributed by atoms with Crippen molar-refractivity contribution in [2.45, 2.75) is 20.8 Å². The van der Waals surface area contributed by atoms with Crippen molar-refractivity contribution >= 4 is 40.3 Å². The molecule has 0 fully saturated rings. The van der Waals surface area contributed by atoms with Gasteiger partial charge in [-0.25, -0.2) is 14.8 Å². The van der Waals surface area contributed by atoms with Crippen LogP contribution in [0, 0.1) is 5.41 Å². The number of carbonyl (C=O) groups is 1. The maximum atomic E-state index is 11.8. The zero-order valence-corrected chi connectivity index (χ0v) is 11.5. The van der Waals surface area contributed by atoms with E-state index in [1.54, 1.807) is 20.8 Å². The summed E-state index contributed by atoms with van der Waals surface area (Å²) >= 11 is 11.5. The Morgan fingerprint density at radius 1 is 1.33 bits per heavy atom. The standard InChI is InChI=1S/C10H10Cl2N4O2/c1-10(2,3)8(17)18-16-4-13-5-6(11)14-9(12)15-7(5)16/h4H,1-3H3. The molecule has 0 aliphatic rings. The van der Waals surface area contributed by atoms with Gasteiger partial charge in [-0.05, 0) is 32.4 Å².